The number of carbonyl (C=O) groups is 2. The van der Waals surface area contributed by atoms with E-state index in [-0.39, 0.29) is 23.1 Å². The Kier molecular flexibility index (Phi) is 4.84. The van der Waals surface area contributed by atoms with Gasteiger partial charge in [0.25, 0.3) is 5.91 Å². The summed E-state index contributed by atoms with van der Waals surface area (Å²) in [6.07, 6.45) is 0.884. The Morgan fingerprint density at radius 3 is 2.34 bits per heavy atom. The molecule has 0 aliphatic carbocycles. The first-order chi connectivity index (χ1) is 16.7. The van der Waals surface area contributed by atoms with E-state index >= 15 is 0 Å². The Labute approximate surface area is 210 Å². The van der Waals surface area contributed by atoms with Crippen molar-refractivity contribution in [2.75, 3.05) is 15.6 Å². The zero-order valence-electron chi connectivity index (χ0n) is 20.4. The minimum Gasteiger partial charge on any atom is -0.457 e. The summed E-state index contributed by atoms with van der Waals surface area (Å²) in [5.41, 5.74) is 4.64. The van der Waals surface area contributed by atoms with Crippen molar-refractivity contribution in [2.45, 2.75) is 50.4 Å². The fraction of sp³-hybridized carbons (Fsp3) is 0.310. The SMILES string of the molecule is Cc1cc2c3c(c1)[C@@]1(SCC(=O)N1c1ccc(Oc4ccccc4)cc1)C(=O)N3C(C)(C)C[C@H]2C. The number of ether oxygens (including phenoxy) is 1. The van der Waals surface area contributed by atoms with Crippen LogP contribution in [0.1, 0.15) is 49.8 Å². The minimum absolute atomic E-state index is 0.0169. The van der Waals surface area contributed by atoms with Crippen LogP contribution in [-0.4, -0.2) is 23.1 Å². The molecule has 1 saturated heterocycles. The van der Waals surface area contributed by atoms with Gasteiger partial charge in [0.05, 0.1) is 11.4 Å². The lowest BCUT2D eigenvalue weighted by Gasteiger charge is -2.44. The molecule has 3 aromatic carbocycles. The summed E-state index contributed by atoms with van der Waals surface area (Å²) in [4.78, 5) is 30.3. The molecule has 6 heteroatoms. The summed E-state index contributed by atoms with van der Waals surface area (Å²) in [5.74, 6) is 1.96. The molecule has 3 aromatic rings. The van der Waals surface area contributed by atoms with E-state index in [0.717, 1.165) is 29.0 Å². The number of carbonyl (C=O) groups excluding carboxylic acids is 2. The van der Waals surface area contributed by atoms with Crippen molar-refractivity contribution in [1.29, 1.82) is 0 Å². The Morgan fingerprint density at radius 1 is 0.943 bits per heavy atom. The van der Waals surface area contributed by atoms with Crippen molar-refractivity contribution in [3.63, 3.8) is 0 Å². The number of amides is 2. The predicted molar refractivity (Wildman–Crippen MR) is 140 cm³/mol. The highest BCUT2D eigenvalue weighted by atomic mass is 32.2. The molecule has 0 N–H and O–H groups in total. The van der Waals surface area contributed by atoms with Crippen molar-refractivity contribution < 1.29 is 14.3 Å². The molecule has 2 amide bonds. The van der Waals surface area contributed by atoms with Crippen LogP contribution in [0.4, 0.5) is 11.4 Å². The van der Waals surface area contributed by atoms with Crippen LogP contribution < -0.4 is 14.5 Å². The van der Waals surface area contributed by atoms with Gasteiger partial charge in [-0.25, -0.2) is 0 Å². The van der Waals surface area contributed by atoms with Crippen LogP contribution in [0.15, 0.2) is 66.7 Å². The Balaban J connectivity index is 1.47. The number of thioether (sulfide) groups is 1. The predicted octanol–water partition coefficient (Wildman–Crippen LogP) is 6.35. The van der Waals surface area contributed by atoms with Crippen molar-refractivity contribution in [2.24, 2.45) is 0 Å². The van der Waals surface area contributed by atoms with Gasteiger partial charge in [-0.2, -0.15) is 0 Å². The van der Waals surface area contributed by atoms with E-state index < -0.39 is 4.87 Å². The van der Waals surface area contributed by atoms with Gasteiger partial charge in [0.2, 0.25) is 10.8 Å². The van der Waals surface area contributed by atoms with E-state index in [1.54, 1.807) is 4.90 Å². The van der Waals surface area contributed by atoms with Gasteiger partial charge in [0.15, 0.2) is 0 Å². The van der Waals surface area contributed by atoms with Gasteiger partial charge in [0.1, 0.15) is 11.5 Å². The first-order valence-electron chi connectivity index (χ1n) is 12.0. The number of nitrogens with zero attached hydrogens (tertiary/aromatic N) is 2. The molecule has 3 aliphatic heterocycles. The van der Waals surface area contributed by atoms with Crippen molar-refractivity contribution in [1.82, 2.24) is 0 Å². The summed E-state index contributed by atoms with van der Waals surface area (Å²) in [6, 6.07) is 21.4. The molecule has 3 aliphatic rings. The van der Waals surface area contributed by atoms with Crippen LogP contribution in [0.2, 0.25) is 0 Å². The Morgan fingerprint density at radius 2 is 1.63 bits per heavy atom. The lowest BCUT2D eigenvalue weighted by atomic mass is 9.80. The standard InChI is InChI=1S/C29H28N2O3S/c1-18-14-23-19(2)16-28(3,4)31-26(23)24(15-18)29(27(31)33)30(25(32)17-35-29)20-10-12-22(13-11-20)34-21-8-6-5-7-9-21/h5-15,19H,16-17H2,1-4H3/t19-,29-/m1/s1. The molecular formula is C29H28N2O3S. The average molecular weight is 485 g/mol. The van der Waals surface area contributed by atoms with Crippen LogP contribution in [-0.2, 0) is 14.5 Å². The molecule has 2 atom stereocenters. The van der Waals surface area contributed by atoms with Gasteiger partial charge < -0.3 is 9.64 Å². The van der Waals surface area contributed by atoms with Gasteiger partial charge in [-0.1, -0.05) is 42.8 Å². The van der Waals surface area contributed by atoms with E-state index in [1.807, 2.05) is 59.5 Å². The number of anilines is 2. The van der Waals surface area contributed by atoms with Crippen molar-refractivity contribution in [3.8, 4) is 11.5 Å². The first kappa shape index (κ1) is 22.2. The third-order valence-electron chi connectivity index (χ3n) is 7.35. The normalized spacial score (nSPS) is 24.3. The smallest absolute Gasteiger partial charge is 0.269 e. The third-order valence-corrected chi connectivity index (χ3v) is 8.74. The highest BCUT2D eigenvalue weighted by molar-refractivity contribution is 8.02. The van der Waals surface area contributed by atoms with Gasteiger partial charge in [-0.15, -0.1) is 11.8 Å². The summed E-state index contributed by atoms with van der Waals surface area (Å²) in [7, 11) is 0. The highest BCUT2D eigenvalue weighted by Crippen LogP contribution is 2.61. The van der Waals surface area contributed by atoms with E-state index in [9.17, 15) is 9.59 Å². The maximum atomic E-state index is 14.4. The summed E-state index contributed by atoms with van der Waals surface area (Å²) >= 11 is 1.44. The van der Waals surface area contributed by atoms with E-state index in [0.29, 0.717) is 17.4 Å². The van der Waals surface area contributed by atoms with Gasteiger partial charge >= 0.3 is 0 Å². The molecular weight excluding hydrogens is 456 g/mol. The quantitative estimate of drug-likeness (QED) is 0.435. The maximum absolute atomic E-state index is 14.4. The highest BCUT2D eigenvalue weighted by Gasteiger charge is 2.64. The van der Waals surface area contributed by atoms with Crippen LogP contribution in [0.25, 0.3) is 0 Å². The third kappa shape index (κ3) is 3.16. The fourth-order valence-electron chi connectivity index (χ4n) is 6.03. The summed E-state index contributed by atoms with van der Waals surface area (Å²) < 4.78 is 5.95. The molecule has 0 bridgehead atoms. The monoisotopic (exact) mass is 484 g/mol. The number of benzene rings is 3. The number of fused-ring (bicyclic) bond motifs is 1. The van der Waals surface area contributed by atoms with Crippen LogP contribution in [0, 0.1) is 6.92 Å². The van der Waals surface area contributed by atoms with E-state index in [2.05, 4.69) is 39.8 Å². The number of hydrogen-bond donors (Lipinski definition) is 0. The zero-order valence-corrected chi connectivity index (χ0v) is 21.2. The zero-order chi connectivity index (χ0) is 24.5. The molecule has 0 saturated carbocycles. The Hall–Kier alpha value is -3.25. The molecule has 0 radical (unpaired) electrons. The topological polar surface area (TPSA) is 49.9 Å². The van der Waals surface area contributed by atoms with Crippen molar-refractivity contribution in [3.05, 3.63) is 83.4 Å². The molecule has 6 rings (SSSR count). The summed E-state index contributed by atoms with van der Waals surface area (Å²) in [5, 5.41) is 0. The van der Waals surface area contributed by atoms with Gasteiger partial charge in [0, 0.05) is 16.8 Å². The fourth-order valence-corrected chi connectivity index (χ4v) is 7.35. The molecule has 5 nitrogen and oxygen atoms in total. The second-order valence-corrected chi connectivity index (χ2v) is 11.5. The lowest BCUT2D eigenvalue weighted by Crippen LogP contribution is -2.56. The van der Waals surface area contributed by atoms with Gasteiger partial charge in [-0.3, -0.25) is 14.5 Å². The number of rotatable bonds is 3. The molecule has 178 valence electrons. The molecule has 0 unspecified atom stereocenters. The number of para-hydroxylation sites is 1. The largest absolute Gasteiger partial charge is 0.457 e. The lowest BCUT2D eigenvalue weighted by molar-refractivity contribution is -0.124. The van der Waals surface area contributed by atoms with E-state index in [4.69, 9.17) is 4.74 Å². The molecule has 3 heterocycles. The van der Waals surface area contributed by atoms with Crippen LogP contribution >= 0.6 is 11.8 Å². The minimum atomic E-state index is -1.09. The molecule has 1 fully saturated rings. The second-order valence-electron chi connectivity index (χ2n) is 10.4. The second kappa shape index (κ2) is 7.62. The first-order valence-corrected chi connectivity index (χ1v) is 13.0. The molecule has 1 spiro atoms. The number of aryl methyl sites for hydroxylation is 1. The molecule has 35 heavy (non-hydrogen) atoms. The summed E-state index contributed by atoms with van der Waals surface area (Å²) in [6.45, 7) is 8.58. The Bertz CT molecular complexity index is 1350. The van der Waals surface area contributed by atoms with Crippen LogP contribution in [0.5, 0.6) is 11.5 Å². The number of hydrogen-bond acceptors (Lipinski definition) is 4. The van der Waals surface area contributed by atoms with Gasteiger partial charge in [-0.05, 0) is 75.1 Å². The average Bonchev–Trinajstić information content (AvgIpc) is 3.29. The van der Waals surface area contributed by atoms with Crippen LogP contribution in [0.3, 0.4) is 0 Å². The van der Waals surface area contributed by atoms with E-state index in [1.165, 1.54) is 17.3 Å². The maximum Gasteiger partial charge on any atom is 0.269 e. The van der Waals surface area contributed by atoms with Crippen molar-refractivity contribution >= 4 is 35.0 Å². The molecule has 0 aromatic heterocycles.